The SMILES string of the molecule is C=C1C(=O)O[C@@H]2/C=C(\CO)CC/C=C(/C=O)[C@H](O)[C@@H](OC(=O)/C(C)=C\C)[C@@H]12. The molecule has 7 nitrogen and oxygen atoms in total. The molecule has 1 aliphatic heterocycles. The van der Waals surface area contributed by atoms with E-state index < -0.39 is 36.2 Å². The van der Waals surface area contributed by atoms with Crippen LogP contribution in [0.15, 0.2) is 47.1 Å². The first kappa shape index (κ1) is 20.8. The van der Waals surface area contributed by atoms with Crippen molar-refractivity contribution in [2.45, 2.75) is 45.0 Å². The number of ether oxygens (including phenoxy) is 2. The van der Waals surface area contributed by atoms with E-state index in [4.69, 9.17) is 9.47 Å². The first-order chi connectivity index (χ1) is 12.8. The average Bonchev–Trinajstić information content (AvgIpc) is 2.94. The largest absolute Gasteiger partial charge is 0.455 e. The maximum atomic E-state index is 12.3. The fraction of sp³-hybridized carbons (Fsp3) is 0.450. The van der Waals surface area contributed by atoms with Crippen molar-refractivity contribution in [3.8, 4) is 0 Å². The summed E-state index contributed by atoms with van der Waals surface area (Å²) < 4.78 is 10.8. The summed E-state index contributed by atoms with van der Waals surface area (Å²) in [5.74, 6) is -2.24. The van der Waals surface area contributed by atoms with Crippen LogP contribution in [0, 0.1) is 5.92 Å². The van der Waals surface area contributed by atoms with E-state index in [1.54, 1.807) is 26.0 Å². The molecule has 1 fully saturated rings. The third-order valence-corrected chi connectivity index (χ3v) is 4.85. The Morgan fingerprint density at radius 1 is 1.48 bits per heavy atom. The van der Waals surface area contributed by atoms with Crippen molar-refractivity contribution in [2.75, 3.05) is 6.61 Å². The minimum atomic E-state index is -1.45. The molecule has 4 atom stereocenters. The van der Waals surface area contributed by atoms with Crippen LogP contribution in [0.25, 0.3) is 0 Å². The van der Waals surface area contributed by atoms with Gasteiger partial charge in [-0.1, -0.05) is 18.7 Å². The van der Waals surface area contributed by atoms with E-state index in [9.17, 15) is 24.6 Å². The molecule has 2 aliphatic rings. The molecular weight excluding hydrogens is 352 g/mol. The van der Waals surface area contributed by atoms with Gasteiger partial charge in [-0.25, -0.2) is 9.59 Å². The normalized spacial score (nSPS) is 33.1. The van der Waals surface area contributed by atoms with Gasteiger partial charge in [-0.15, -0.1) is 0 Å². The zero-order chi connectivity index (χ0) is 20.1. The lowest BCUT2D eigenvalue weighted by Gasteiger charge is -2.30. The third kappa shape index (κ3) is 4.43. The summed E-state index contributed by atoms with van der Waals surface area (Å²) in [5.41, 5.74) is 1.00. The Bertz CT molecular complexity index is 729. The Hall–Kier alpha value is -2.51. The Labute approximate surface area is 157 Å². The fourth-order valence-electron chi connectivity index (χ4n) is 3.10. The number of esters is 2. The van der Waals surface area contributed by atoms with E-state index in [2.05, 4.69) is 6.58 Å². The van der Waals surface area contributed by atoms with Crippen LogP contribution in [0.2, 0.25) is 0 Å². The van der Waals surface area contributed by atoms with Gasteiger partial charge in [0.2, 0.25) is 0 Å². The summed E-state index contributed by atoms with van der Waals surface area (Å²) in [7, 11) is 0. The number of aliphatic hydroxyl groups excluding tert-OH is 2. The van der Waals surface area contributed by atoms with E-state index in [0.29, 0.717) is 30.3 Å². The van der Waals surface area contributed by atoms with E-state index in [1.165, 1.54) is 6.08 Å². The molecule has 7 heteroatoms. The van der Waals surface area contributed by atoms with E-state index in [0.717, 1.165) is 0 Å². The monoisotopic (exact) mass is 376 g/mol. The quantitative estimate of drug-likeness (QED) is 0.328. The maximum absolute atomic E-state index is 12.3. The second-order valence-electron chi connectivity index (χ2n) is 6.55. The predicted molar refractivity (Wildman–Crippen MR) is 96.4 cm³/mol. The molecule has 27 heavy (non-hydrogen) atoms. The molecule has 0 unspecified atom stereocenters. The van der Waals surface area contributed by atoms with Crippen LogP contribution in [0.5, 0.6) is 0 Å². The number of aldehydes is 1. The highest BCUT2D eigenvalue weighted by molar-refractivity contribution is 5.92. The molecule has 1 aliphatic carbocycles. The van der Waals surface area contributed by atoms with Crippen LogP contribution in [-0.2, 0) is 23.9 Å². The third-order valence-electron chi connectivity index (χ3n) is 4.85. The topological polar surface area (TPSA) is 110 Å². The van der Waals surface area contributed by atoms with Gasteiger partial charge in [0.15, 0.2) is 0 Å². The van der Waals surface area contributed by atoms with Crippen molar-refractivity contribution >= 4 is 18.2 Å². The predicted octanol–water partition coefficient (Wildman–Crippen LogP) is 1.16. The second kappa shape index (κ2) is 8.92. The summed E-state index contributed by atoms with van der Waals surface area (Å²) in [6, 6.07) is 0. The van der Waals surface area contributed by atoms with Crippen molar-refractivity contribution in [2.24, 2.45) is 5.92 Å². The Kier molecular flexibility index (Phi) is 6.87. The smallest absolute Gasteiger partial charge is 0.334 e. The average molecular weight is 376 g/mol. The minimum Gasteiger partial charge on any atom is -0.455 e. The fourth-order valence-corrected chi connectivity index (χ4v) is 3.10. The second-order valence-corrected chi connectivity index (χ2v) is 6.55. The number of aliphatic hydroxyl groups is 2. The van der Waals surface area contributed by atoms with E-state index >= 15 is 0 Å². The molecule has 0 bridgehead atoms. The van der Waals surface area contributed by atoms with Gasteiger partial charge >= 0.3 is 11.9 Å². The first-order valence-corrected chi connectivity index (χ1v) is 8.71. The zero-order valence-electron chi connectivity index (χ0n) is 15.4. The molecule has 1 heterocycles. The zero-order valence-corrected chi connectivity index (χ0v) is 15.4. The molecule has 2 rings (SSSR count). The summed E-state index contributed by atoms with van der Waals surface area (Å²) in [5, 5.41) is 20.3. The van der Waals surface area contributed by atoms with Gasteiger partial charge in [0.1, 0.15) is 24.6 Å². The van der Waals surface area contributed by atoms with Crippen molar-refractivity contribution in [3.63, 3.8) is 0 Å². The Morgan fingerprint density at radius 3 is 2.78 bits per heavy atom. The molecule has 0 aromatic rings. The van der Waals surface area contributed by atoms with Crippen LogP contribution in [0.1, 0.15) is 26.7 Å². The molecular formula is C20H24O7. The number of hydrogen-bond acceptors (Lipinski definition) is 7. The van der Waals surface area contributed by atoms with Gasteiger partial charge in [-0.3, -0.25) is 4.79 Å². The number of rotatable bonds is 4. The molecule has 146 valence electrons. The van der Waals surface area contributed by atoms with Crippen molar-refractivity contribution < 1.29 is 34.1 Å². The number of allylic oxidation sites excluding steroid dienone is 2. The van der Waals surface area contributed by atoms with Crippen molar-refractivity contribution in [3.05, 3.63) is 47.1 Å². The highest BCUT2D eigenvalue weighted by Gasteiger charge is 2.48. The van der Waals surface area contributed by atoms with Gasteiger partial charge in [0.05, 0.1) is 12.5 Å². The highest BCUT2D eigenvalue weighted by Crippen LogP contribution is 2.36. The van der Waals surface area contributed by atoms with Crippen LogP contribution in [0.4, 0.5) is 0 Å². The Balaban J connectivity index is 2.54. The molecule has 2 N–H and O–H groups in total. The molecule has 0 aromatic carbocycles. The number of carbonyl (C=O) groups excluding carboxylic acids is 3. The Morgan fingerprint density at radius 2 is 2.19 bits per heavy atom. The standard InChI is InChI=1S/C20H24O7/c1-4-11(2)19(24)27-18-16-12(3)20(25)26-15(16)8-13(9-21)6-5-7-14(10-22)17(18)23/h4,7-8,10,15-18,21,23H,3,5-6,9H2,1-2H3/b11-4-,13-8-,14-7-/t15-,16+,17+,18+/m1/s1. The lowest BCUT2D eigenvalue weighted by molar-refractivity contribution is -0.153. The van der Waals surface area contributed by atoms with Gasteiger partial charge in [-0.05, 0) is 38.3 Å². The summed E-state index contributed by atoms with van der Waals surface area (Å²) >= 11 is 0. The van der Waals surface area contributed by atoms with Crippen LogP contribution >= 0.6 is 0 Å². The lowest BCUT2D eigenvalue weighted by Crippen LogP contribution is -2.43. The number of carbonyl (C=O) groups is 3. The van der Waals surface area contributed by atoms with Crippen molar-refractivity contribution in [1.29, 1.82) is 0 Å². The first-order valence-electron chi connectivity index (χ1n) is 8.71. The minimum absolute atomic E-state index is 0.0364. The molecule has 0 radical (unpaired) electrons. The molecule has 0 amide bonds. The highest BCUT2D eigenvalue weighted by atomic mass is 16.6. The molecule has 0 spiro atoms. The summed E-state index contributed by atoms with van der Waals surface area (Å²) in [4.78, 5) is 35.9. The molecule has 0 aromatic heterocycles. The summed E-state index contributed by atoms with van der Waals surface area (Å²) in [6.45, 7) is 6.68. The lowest BCUT2D eigenvalue weighted by atomic mass is 9.83. The van der Waals surface area contributed by atoms with Crippen LogP contribution in [-0.4, -0.2) is 53.4 Å². The van der Waals surface area contributed by atoms with Gasteiger partial charge in [0.25, 0.3) is 0 Å². The van der Waals surface area contributed by atoms with Gasteiger partial charge in [-0.2, -0.15) is 0 Å². The summed E-state index contributed by atoms with van der Waals surface area (Å²) in [6.07, 6.45) is 2.43. The number of hydrogen-bond donors (Lipinski definition) is 2. The molecule has 0 saturated carbocycles. The maximum Gasteiger partial charge on any atom is 0.334 e. The van der Waals surface area contributed by atoms with E-state index in [1.807, 2.05) is 0 Å². The van der Waals surface area contributed by atoms with Crippen molar-refractivity contribution in [1.82, 2.24) is 0 Å². The van der Waals surface area contributed by atoms with Gasteiger partial charge < -0.3 is 19.7 Å². The van der Waals surface area contributed by atoms with Crippen LogP contribution in [0.3, 0.4) is 0 Å². The number of fused-ring (bicyclic) bond motifs is 1. The van der Waals surface area contributed by atoms with Gasteiger partial charge in [0, 0.05) is 16.7 Å². The molecule has 1 saturated heterocycles. The van der Waals surface area contributed by atoms with E-state index in [-0.39, 0.29) is 17.8 Å². The van der Waals surface area contributed by atoms with Crippen LogP contribution < -0.4 is 0 Å².